The molecule has 1 aromatic carbocycles. The van der Waals surface area contributed by atoms with Crippen molar-refractivity contribution in [3.63, 3.8) is 0 Å². The average Bonchev–Trinajstić information content (AvgIpc) is 2.19. The molecular formula is C8H9BF2O7S2. The SMILES string of the molecule is Cc1c(CS(=O)(=O)F)cc(B(O)O)cc1OS(=O)(=O)F. The van der Waals surface area contributed by atoms with Gasteiger partial charge in [-0.3, -0.25) is 0 Å². The zero-order valence-corrected chi connectivity index (χ0v) is 11.6. The van der Waals surface area contributed by atoms with Crippen molar-refractivity contribution in [3.05, 3.63) is 23.3 Å². The van der Waals surface area contributed by atoms with Crippen molar-refractivity contribution in [1.29, 1.82) is 0 Å². The van der Waals surface area contributed by atoms with Crippen LogP contribution < -0.4 is 9.65 Å². The van der Waals surface area contributed by atoms with Crippen LogP contribution in [-0.4, -0.2) is 34.0 Å². The molecule has 12 heteroatoms. The van der Waals surface area contributed by atoms with Gasteiger partial charge < -0.3 is 14.2 Å². The number of halogens is 2. The summed E-state index contributed by atoms with van der Waals surface area (Å²) in [5.41, 5.74) is -0.846. The fraction of sp³-hybridized carbons (Fsp3) is 0.250. The molecule has 7 nitrogen and oxygen atoms in total. The van der Waals surface area contributed by atoms with E-state index in [1.165, 1.54) is 0 Å². The average molecular weight is 330 g/mol. The minimum atomic E-state index is -5.41. The molecule has 1 rings (SSSR count). The van der Waals surface area contributed by atoms with Gasteiger partial charge in [0.05, 0.1) is 0 Å². The van der Waals surface area contributed by atoms with Gasteiger partial charge in [0.15, 0.2) is 0 Å². The van der Waals surface area contributed by atoms with E-state index in [9.17, 15) is 24.6 Å². The van der Waals surface area contributed by atoms with E-state index in [1.807, 2.05) is 0 Å². The summed E-state index contributed by atoms with van der Waals surface area (Å²) in [6.07, 6.45) is 0. The second-order valence-corrected chi connectivity index (χ2v) is 6.16. The summed E-state index contributed by atoms with van der Waals surface area (Å²) in [4.78, 5) is 0. The Bertz CT molecular complexity index is 659. The number of hydrogen-bond acceptors (Lipinski definition) is 7. The first-order valence-corrected chi connectivity index (χ1v) is 7.81. The van der Waals surface area contributed by atoms with Crippen LogP contribution in [0.1, 0.15) is 11.1 Å². The molecule has 0 aliphatic carbocycles. The second-order valence-electron chi connectivity index (χ2n) is 3.84. The molecule has 0 saturated carbocycles. The maximum Gasteiger partial charge on any atom is 0.488 e. The number of rotatable bonds is 5. The van der Waals surface area contributed by atoms with Crippen LogP contribution >= 0.6 is 0 Å². The van der Waals surface area contributed by atoms with E-state index in [1.54, 1.807) is 0 Å². The molecule has 0 saturated heterocycles. The van der Waals surface area contributed by atoms with Crippen molar-refractivity contribution in [2.75, 3.05) is 0 Å². The summed E-state index contributed by atoms with van der Waals surface area (Å²) < 4.78 is 71.2. The second kappa shape index (κ2) is 5.64. The lowest BCUT2D eigenvalue weighted by Gasteiger charge is -2.12. The summed E-state index contributed by atoms with van der Waals surface area (Å²) in [6, 6.07) is 1.71. The normalized spacial score (nSPS) is 12.2. The van der Waals surface area contributed by atoms with Gasteiger partial charge in [0, 0.05) is 0 Å². The van der Waals surface area contributed by atoms with E-state index >= 15 is 0 Å². The fourth-order valence-electron chi connectivity index (χ4n) is 1.45. The number of benzene rings is 1. The van der Waals surface area contributed by atoms with Gasteiger partial charge >= 0.3 is 27.8 Å². The number of hydrogen-bond donors (Lipinski definition) is 2. The van der Waals surface area contributed by atoms with Gasteiger partial charge in [0.25, 0.3) is 0 Å². The summed E-state index contributed by atoms with van der Waals surface area (Å²) in [6.45, 7) is 1.16. The third-order valence-electron chi connectivity index (χ3n) is 2.31. The smallest absolute Gasteiger partial charge is 0.423 e. The highest BCUT2D eigenvalue weighted by Crippen LogP contribution is 2.24. The fourth-order valence-corrected chi connectivity index (χ4v) is 2.51. The third kappa shape index (κ3) is 5.04. The Kier molecular flexibility index (Phi) is 4.74. The Hall–Kier alpha value is -1.24. The summed E-state index contributed by atoms with van der Waals surface area (Å²) >= 11 is 0. The van der Waals surface area contributed by atoms with Crippen LogP contribution in [-0.2, 0) is 26.5 Å². The molecule has 20 heavy (non-hydrogen) atoms. The van der Waals surface area contributed by atoms with Crippen LogP contribution in [0.2, 0.25) is 0 Å². The van der Waals surface area contributed by atoms with Crippen molar-refractivity contribution in [2.45, 2.75) is 12.7 Å². The Morgan fingerprint density at radius 2 is 1.75 bits per heavy atom. The molecule has 0 aliphatic heterocycles. The van der Waals surface area contributed by atoms with Gasteiger partial charge in [-0.1, -0.05) is 9.95 Å². The maximum atomic E-state index is 12.7. The molecule has 0 aromatic heterocycles. The van der Waals surface area contributed by atoms with Gasteiger partial charge in [0.2, 0.25) is 0 Å². The van der Waals surface area contributed by atoms with Gasteiger partial charge in [-0.05, 0) is 29.6 Å². The van der Waals surface area contributed by atoms with E-state index in [0.717, 1.165) is 19.1 Å². The van der Waals surface area contributed by atoms with Gasteiger partial charge in [-0.25, -0.2) is 0 Å². The van der Waals surface area contributed by atoms with Gasteiger partial charge in [-0.15, -0.1) is 3.89 Å². The van der Waals surface area contributed by atoms with Crippen molar-refractivity contribution in [1.82, 2.24) is 0 Å². The largest absolute Gasteiger partial charge is 0.488 e. The highest BCUT2D eigenvalue weighted by atomic mass is 32.3. The van der Waals surface area contributed by atoms with Crippen LogP contribution in [0.15, 0.2) is 12.1 Å². The molecule has 0 heterocycles. The molecule has 0 spiro atoms. The Morgan fingerprint density at radius 3 is 2.15 bits per heavy atom. The zero-order valence-electron chi connectivity index (χ0n) is 9.95. The Labute approximate surface area is 114 Å². The van der Waals surface area contributed by atoms with E-state index in [-0.39, 0.29) is 16.6 Å². The predicted molar refractivity (Wildman–Crippen MR) is 65.4 cm³/mol. The lowest BCUT2D eigenvalue weighted by Crippen LogP contribution is -2.31. The molecule has 112 valence electrons. The molecule has 2 N–H and O–H groups in total. The summed E-state index contributed by atoms with van der Waals surface area (Å²) in [5.74, 6) is -1.82. The lowest BCUT2D eigenvalue weighted by atomic mass is 9.79. The van der Waals surface area contributed by atoms with Crippen LogP contribution in [0.4, 0.5) is 7.77 Å². The molecule has 0 unspecified atom stereocenters. The minimum absolute atomic E-state index is 0.170. The van der Waals surface area contributed by atoms with E-state index < -0.39 is 39.3 Å². The maximum absolute atomic E-state index is 12.7. The predicted octanol–water partition coefficient (Wildman–Crippen LogP) is -0.933. The highest BCUT2D eigenvalue weighted by molar-refractivity contribution is 7.85. The molecule has 0 radical (unpaired) electrons. The molecule has 0 atom stereocenters. The first-order chi connectivity index (χ1) is 8.89. The van der Waals surface area contributed by atoms with Crippen molar-refractivity contribution in [3.8, 4) is 5.75 Å². The first-order valence-electron chi connectivity index (χ1n) is 4.95. The monoisotopic (exact) mass is 330 g/mol. The standard InChI is InChI=1S/C8H9BF2O7S2/c1-5-6(4-19(10,14)15)2-7(9(12)13)3-8(5)18-20(11,16)17/h2-3,12-13H,4H2,1H3. The van der Waals surface area contributed by atoms with E-state index in [2.05, 4.69) is 4.18 Å². The minimum Gasteiger partial charge on any atom is -0.423 e. The topological polar surface area (TPSA) is 118 Å². The molecule has 0 bridgehead atoms. The zero-order chi connectivity index (χ0) is 15.7. The van der Waals surface area contributed by atoms with E-state index in [4.69, 9.17) is 10.0 Å². The first kappa shape index (κ1) is 16.8. The van der Waals surface area contributed by atoms with Crippen LogP contribution in [0.25, 0.3) is 0 Å². The van der Waals surface area contributed by atoms with E-state index in [0.29, 0.717) is 0 Å². The highest BCUT2D eigenvalue weighted by Gasteiger charge is 2.22. The van der Waals surface area contributed by atoms with Crippen LogP contribution in [0.3, 0.4) is 0 Å². The Morgan fingerprint density at radius 1 is 1.20 bits per heavy atom. The van der Waals surface area contributed by atoms with Gasteiger partial charge in [-0.2, -0.15) is 16.8 Å². The van der Waals surface area contributed by atoms with Gasteiger partial charge in [0.1, 0.15) is 11.5 Å². The summed E-state index contributed by atoms with van der Waals surface area (Å²) in [5, 5.41) is 17.9. The van der Waals surface area contributed by atoms with Crippen LogP contribution in [0.5, 0.6) is 5.75 Å². The Balaban J connectivity index is 3.44. The molecule has 0 amide bonds. The third-order valence-corrected chi connectivity index (χ3v) is 3.34. The van der Waals surface area contributed by atoms with Crippen molar-refractivity contribution in [2.24, 2.45) is 0 Å². The molecular weight excluding hydrogens is 321 g/mol. The lowest BCUT2D eigenvalue weighted by molar-refractivity contribution is 0.423. The van der Waals surface area contributed by atoms with Crippen molar-refractivity contribution >= 4 is 33.3 Å². The quantitative estimate of drug-likeness (QED) is 0.529. The van der Waals surface area contributed by atoms with Crippen LogP contribution in [0, 0.1) is 6.92 Å². The summed E-state index contributed by atoms with van der Waals surface area (Å²) in [7, 11) is -12.5. The molecule has 1 aromatic rings. The molecule has 0 aliphatic rings. The van der Waals surface area contributed by atoms with Crippen molar-refractivity contribution < 1.29 is 38.8 Å². The molecule has 0 fully saturated rings.